The molecule has 1 aromatic carbocycles. The molecule has 0 unspecified atom stereocenters. The first-order valence-electron chi connectivity index (χ1n) is 7.44. The number of nitrogens with zero attached hydrogens (tertiary/aromatic N) is 2. The van der Waals surface area contributed by atoms with Crippen molar-refractivity contribution in [3.63, 3.8) is 0 Å². The fourth-order valence-corrected chi connectivity index (χ4v) is 2.67. The van der Waals surface area contributed by atoms with Gasteiger partial charge >= 0.3 is 6.18 Å². The van der Waals surface area contributed by atoms with Crippen molar-refractivity contribution in [3.8, 4) is 0 Å². The van der Waals surface area contributed by atoms with Gasteiger partial charge < -0.3 is 5.32 Å². The number of hydrogen-bond donors (Lipinski definition) is 1. The summed E-state index contributed by atoms with van der Waals surface area (Å²) in [6, 6.07) is 7.71. The summed E-state index contributed by atoms with van der Waals surface area (Å²) >= 11 is 5.93. The minimum atomic E-state index is -4.48. The fourth-order valence-electron chi connectivity index (χ4n) is 2.52. The molecule has 0 radical (unpaired) electrons. The number of halogens is 4. The van der Waals surface area contributed by atoms with E-state index in [0.29, 0.717) is 22.8 Å². The van der Waals surface area contributed by atoms with Gasteiger partial charge in [0.1, 0.15) is 11.3 Å². The number of rotatable bonds is 3. The number of aryl methyl sites for hydroxylation is 1. The van der Waals surface area contributed by atoms with Crippen molar-refractivity contribution < 1.29 is 18.0 Å². The van der Waals surface area contributed by atoms with Crippen LogP contribution in [0.3, 0.4) is 0 Å². The van der Waals surface area contributed by atoms with Gasteiger partial charge in [0.2, 0.25) is 0 Å². The highest BCUT2D eigenvalue weighted by molar-refractivity contribution is 6.30. The highest BCUT2D eigenvalue weighted by Crippen LogP contribution is 2.30. The number of fused-ring (bicyclic) bond motifs is 1. The molecule has 0 saturated carbocycles. The minimum absolute atomic E-state index is 0.0609. The van der Waals surface area contributed by atoms with Crippen molar-refractivity contribution in [2.75, 3.05) is 5.32 Å². The van der Waals surface area contributed by atoms with E-state index in [1.54, 1.807) is 22.7 Å². The molecule has 8 heteroatoms. The van der Waals surface area contributed by atoms with Gasteiger partial charge in [-0.2, -0.15) is 13.2 Å². The molecule has 0 atom stereocenters. The number of carbonyl (C=O) groups excluding carboxylic acids is 1. The summed E-state index contributed by atoms with van der Waals surface area (Å²) in [5.74, 6) is -0.536. The number of nitrogens with one attached hydrogen (secondary N) is 1. The van der Waals surface area contributed by atoms with Crippen LogP contribution in [0.1, 0.15) is 28.7 Å². The third-order valence-electron chi connectivity index (χ3n) is 3.66. The van der Waals surface area contributed by atoms with Crippen molar-refractivity contribution in [1.82, 2.24) is 9.38 Å². The maximum atomic E-state index is 12.8. The SMILES string of the molecule is CCc1nc2cc(Cl)ccn2c1C(=O)Nc1cccc(C(F)(F)F)c1. The molecule has 4 nitrogen and oxygen atoms in total. The zero-order valence-electron chi connectivity index (χ0n) is 13.1. The average Bonchev–Trinajstić information content (AvgIpc) is 2.92. The van der Waals surface area contributed by atoms with Crippen LogP contribution in [0.15, 0.2) is 42.6 Å². The fraction of sp³-hybridized carbons (Fsp3) is 0.176. The van der Waals surface area contributed by atoms with Crippen LogP contribution in [0.25, 0.3) is 5.65 Å². The van der Waals surface area contributed by atoms with Crippen LogP contribution in [0.5, 0.6) is 0 Å². The monoisotopic (exact) mass is 367 g/mol. The topological polar surface area (TPSA) is 46.4 Å². The Hall–Kier alpha value is -2.54. The van der Waals surface area contributed by atoms with Crippen molar-refractivity contribution in [2.24, 2.45) is 0 Å². The van der Waals surface area contributed by atoms with Gasteiger partial charge in [0, 0.05) is 23.0 Å². The maximum absolute atomic E-state index is 12.8. The van der Waals surface area contributed by atoms with Crippen molar-refractivity contribution in [3.05, 3.63) is 64.6 Å². The molecule has 1 amide bonds. The molecule has 0 aliphatic carbocycles. The van der Waals surface area contributed by atoms with Gasteiger partial charge in [-0.3, -0.25) is 9.20 Å². The van der Waals surface area contributed by atoms with E-state index in [0.717, 1.165) is 12.1 Å². The van der Waals surface area contributed by atoms with Crippen LogP contribution in [0, 0.1) is 0 Å². The molecule has 3 aromatic rings. The number of imidazole rings is 1. The van der Waals surface area contributed by atoms with Crippen LogP contribution in [0.2, 0.25) is 5.02 Å². The Morgan fingerprint density at radius 3 is 2.72 bits per heavy atom. The molecule has 2 heterocycles. The van der Waals surface area contributed by atoms with Gasteiger partial charge in [0.25, 0.3) is 5.91 Å². The highest BCUT2D eigenvalue weighted by Gasteiger charge is 2.30. The van der Waals surface area contributed by atoms with Crippen molar-refractivity contribution in [2.45, 2.75) is 19.5 Å². The van der Waals surface area contributed by atoms with E-state index < -0.39 is 17.6 Å². The second-order valence-corrected chi connectivity index (χ2v) is 5.80. The average molecular weight is 368 g/mol. The lowest BCUT2D eigenvalue weighted by atomic mass is 10.2. The number of carbonyl (C=O) groups is 1. The summed E-state index contributed by atoms with van der Waals surface area (Å²) < 4.78 is 40.0. The molecule has 25 heavy (non-hydrogen) atoms. The lowest BCUT2D eigenvalue weighted by molar-refractivity contribution is -0.137. The van der Waals surface area contributed by atoms with Crippen LogP contribution < -0.4 is 5.32 Å². The summed E-state index contributed by atoms with van der Waals surface area (Å²) in [5, 5.41) is 2.98. The first kappa shape index (κ1) is 17.3. The first-order chi connectivity index (χ1) is 11.8. The summed E-state index contributed by atoms with van der Waals surface area (Å²) in [6.45, 7) is 1.84. The number of anilines is 1. The zero-order chi connectivity index (χ0) is 18.2. The second-order valence-electron chi connectivity index (χ2n) is 5.37. The van der Waals surface area contributed by atoms with Gasteiger partial charge in [0.05, 0.1) is 11.3 Å². The largest absolute Gasteiger partial charge is 0.416 e. The standard InChI is InChI=1S/C17H13ClF3N3O/c1-2-13-15(24-7-6-11(18)9-14(24)23-13)16(25)22-12-5-3-4-10(8-12)17(19,20)21/h3-9H,2H2,1H3,(H,22,25). The molecule has 130 valence electrons. The van der Waals surface area contributed by atoms with Crippen molar-refractivity contribution >= 4 is 28.8 Å². The number of benzene rings is 1. The number of pyridine rings is 1. The van der Waals surface area contributed by atoms with Gasteiger partial charge in [-0.1, -0.05) is 24.6 Å². The second kappa shape index (κ2) is 6.40. The number of amides is 1. The van der Waals surface area contributed by atoms with Crippen LogP contribution >= 0.6 is 11.6 Å². The van der Waals surface area contributed by atoms with E-state index in [1.807, 2.05) is 6.92 Å². The van der Waals surface area contributed by atoms with E-state index in [9.17, 15) is 18.0 Å². The summed E-state index contributed by atoms with van der Waals surface area (Å²) in [7, 11) is 0. The Bertz CT molecular complexity index is 950. The Morgan fingerprint density at radius 2 is 2.04 bits per heavy atom. The van der Waals surface area contributed by atoms with Crippen LogP contribution in [-0.2, 0) is 12.6 Å². The molecule has 0 spiro atoms. The summed E-state index contributed by atoms with van der Waals surface area (Å²) in [6.07, 6.45) is -2.38. The zero-order valence-corrected chi connectivity index (χ0v) is 13.8. The van der Waals surface area contributed by atoms with Gasteiger partial charge in [-0.05, 0) is 30.7 Å². The predicted octanol–water partition coefficient (Wildman–Crippen LogP) is 4.82. The molecule has 2 aromatic heterocycles. The molecule has 3 rings (SSSR count). The molecule has 0 fully saturated rings. The third kappa shape index (κ3) is 3.46. The predicted molar refractivity (Wildman–Crippen MR) is 89.0 cm³/mol. The quantitative estimate of drug-likeness (QED) is 0.721. The molecule has 0 aliphatic heterocycles. The molecule has 0 aliphatic rings. The van der Waals surface area contributed by atoms with E-state index in [-0.39, 0.29) is 11.4 Å². The number of hydrogen-bond acceptors (Lipinski definition) is 2. The number of alkyl halides is 3. The normalized spacial score (nSPS) is 11.7. The molecular formula is C17H13ClF3N3O. The van der Waals surface area contributed by atoms with E-state index in [1.165, 1.54) is 12.1 Å². The Kier molecular flexibility index (Phi) is 4.43. The number of aromatic nitrogens is 2. The summed E-state index contributed by atoms with van der Waals surface area (Å²) in [5.41, 5.74) is 0.536. The molecular weight excluding hydrogens is 355 g/mol. The molecule has 1 N–H and O–H groups in total. The van der Waals surface area contributed by atoms with Gasteiger partial charge in [-0.15, -0.1) is 0 Å². The third-order valence-corrected chi connectivity index (χ3v) is 3.89. The maximum Gasteiger partial charge on any atom is 0.416 e. The smallest absolute Gasteiger partial charge is 0.321 e. The Morgan fingerprint density at radius 1 is 1.28 bits per heavy atom. The van der Waals surface area contributed by atoms with Crippen LogP contribution in [-0.4, -0.2) is 15.3 Å². The van der Waals surface area contributed by atoms with Crippen LogP contribution in [0.4, 0.5) is 18.9 Å². The lowest BCUT2D eigenvalue weighted by Crippen LogP contribution is -2.17. The minimum Gasteiger partial charge on any atom is -0.321 e. The first-order valence-corrected chi connectivity index (χ1v) is 7.82. The van der Waals surface area contributed by atoms with Gasteiger partial charge in [0.15, 0.2) is 0 Å². The van der Waals surface area contributed by atoms with Gasteiger partial charge in [-0.25, -0.2) is 4.98 Å². The van der Waals surface area contributed by atoms with E-state index in [4.69, 9.17) is 11.6 Å². The van der Waals surface area contributed by atoms with E-state index >= 15 is 0 Å². The van der Waals surface area contributed by atoms with E-state index in [2.05, 4.69) is 10.3 Å². The Balaban J connectivity index is 1.98. The highest BCUT2D eigenvalue weighted by atomic mass is 35.5. The Labute approximate surface area is 146 Å². The summed E-state index contributed by atoms with van der Waals surface area (Å²) in [4.78, 5) is 17.0. The van der Waals surface area contributed by atoms with Crippen molar-refractivity contribution in [1.29, 1.82) is 0 Å². The molecule has 0 bridgehead atoms. The molecule has 0 saturated heterocycles. The lowest BCUT2D eigenvalue weighted by Gasteiger charge is -2.10.